The van der Waals surface area contributed by atoms with Gasteiger partial charge in [0.05, 0.1) is 17.3 Å². The van der Waals surface area contributed by atoms with Gasteiger partial charge in [0.2, 0.25) is 11.8 Å². The Hall–Kier alpha value is -3.52. The van der Waals surface area contributed by atoms with E-state index in [-0.39, 0.29) is 11.7 Å². The number of nitrogens with one attached hydrogen (secondary N) is 1. The summed E-state index contributed by atoms with van der Waals surface area (Å²) in [4.78, 5) is 24.4. The monoisotopic (exact) mass is 408 g/mol. The molecule has 30 heavy (non-hydrogen) atoms. The largest absolute Gasteiger partial charge is 0.371 e. The number of nitrogens with two attached hydrogens (primary N) is 1. The Kier molecular flexibility index (Phi) is 5.33. The molecule has 2 amide bonds. The van der Waals surface area contributed by atoms with Crippen LogP contribution in [-0.4, -0.2) is 28.2 Å². The van der Waals surface area contributed by atoms with Crippen molar-refractivity contribution in [3.05, 3.63) is 77.4 Å². The van der Waals surface area contributed by atoms with Gasteiger partial charge in [0, 0.05) is 24.1 Å². The Morgan fingerprint density at radius 1 is 1.20 bits per heavy atom. The van der Waals surface area contributed by atoms with Gasteiger partial charge in [-0.15, -0.1) is 0 Å². The van der Waals surface area contributed by atoms with E-state index in [4.69, 9.17) is 10.5 Å². The maximum absolute atomic E-state index is 13.3. The summed E-state index contributed by atoms with van der Waals surface area (Å²) in [5.74, 6) is -1.45. The van der Waals surface area contributed by atoms with Gasteiger partial charge in [-0.1, -0.05) is 0 Å². The highest BCUT2D eigenvalue weighted by Crippen LogP contribution is 2.36. The lowest BCUT2D eigenvalue weighted by Gasteiger charge is -2.20. The van der Waals surface area contributed by atoms with Crippen LogP contribution in [0.3, 0.4) is 0 Å². The Bertz CT molecular complexity index is 1090. The molecule has 1 fully saturated rings. The molecule has 0 aliphatic carbocycles. The lowest BCUT2D eigenvalue weighted by atomic mass is 9.97. The highest BCUT2D eigenvalue weighted by atomic mass is 19.1. The number of benzene rings is 2. The molecular formula is C22H21FN4O3. The number of aryl methyl sites for hydroxylation is 1. The van der Waals surface area contributed by atoms with Crippen LogP contribution in [0.4, 0.5) is 10.1 Å². The number of halogens is 1. The van der Waals surface area contributed by atoms with Crippen molar-refractivity contribution in [3.63, 3.8) is 0 Å². The van der Waals surface area contributed by atoms with Crippen molar-refractivity contribution in [1.29, 1.82) is 0 Å². The average molecular weight is 408 g/mol. The molecule has 0 spiro atoms. The molecule has 0 saturated carbocycles. The smallest absolute Gasteiger partial charge is 0.248 e. The summed E-state index contributed by atoms with van der Waals surface area (Å²) in [6.45, 7) is 2.20. The standard InChI is InChI=1S/C22H21FN4O3/c1-13-12-15(4-7-17(13)21(24)28)26-22(29)18-9-11-30-20(18)19-8-10-25-27(19)16-5-2-14(23)3-6-16/h2-8,10,12,18,20H,9,11H2,1H3,(H2,24,28)(H,26,29)/t18-,20-/m0/s1. The minimum Gasteiger partial charge on any atom is -0.371 e. The number of amides is 2. The zero-order valence-corrected chi connectivity index (χ0v) is 16.3. The van der Waals surface area contributed by atoms with Crippen molar-refractivity contribution in [2.45, 2.75) is 19.4 Å². The molecule has 1 aliphatic rings. The zero-order valence-electron chi connectivity index (χ0n) is 16.3. The molecule has 4 rings (SSSR count). The molecule has 3 N–H and O–H groups in total. The van der Waals surface area contributed by atoms with Crippen LogP contribution in [0.15, 0.2) is 54.7 Å². The quantitative estimate of drug-likeness (QED) is 0.677. The van der Waals surface area contributed by atoms with Gasteiger partial charge in [-0.25, -0.2) is 9.07 Å². The van der Waals surface area contributed by atoms with Crippen LogP contribution in [0.5, 0.6) is 0 Å². The minimum atomic E-state index is -0.510. The van der Waals surface area contributed by atoms with Crippen LogP contribution < -0.4 is 11.1 Å². The number of hydrogen-bond donors (Lipinski definition) is 2. The Morgan fingerprint density at radius 2 is 1.97 bits per heavy atom. The van der Waals surface area contributed by atoms with Crippen LogP contribution in [0.2, 0.25) is 0 Å². The highest BCUT2D eigenvalue weighted by Gasteiger charge is 2.37. The van der Waals surface area contributed by atoms with Crippen molar-refractivity contribution >= 4 is 17.5 Å². The molecule has 2 aromatic carbocycles. The maximum Gasteiger partial charge on any atom is 0.248 e. The first-order valence-electron chi connectivity index (χ1n) is 9.57. The van der Waals surface area contributed by atoms with Gasteiger partial charge < -0.3 is 15.8 Å². The van der Waals surface area contributed by atoms with E-state index >= 15 is 0 Å². The number of anilines is 1. The predicted molar refractivity (Wildman–Crippen MR) is 109 cm³/mol. The Balaban J connectivity index is 1.55. The fourth-order valence-corrected chi connectivity index (χ4v) is 3.73. The first-order valence-corrected chi connectivity index (χ1v) is 9.57. The van der Waals surface area contributed by atoms with E-state index in [1.807, 2.05) is 0 Å². The SMILES string of the molecule is Cc1cc(NC(=O)[C@H]2CCO[C@@H]2c2ccnn2-c2ccc(F)cc2)ccc1C(N)=O. The fraction of sp³-hybridized carbons (Fsp3) is 0.227. The molecule has 0 unspecified atom stereocenters. The third-order valence-electron chi connectivity index (χ3n) is 5.22. The van der Waals surface area contributed by atoms with Crippen molar-refractivity contribution < 1.29 is 18.7 Å². The summed E-state index contributed by atoms with van der Waals surface area (Å²) in [5.41, 5.74) is 8.43. The van der Waals surface area contributed by atoms with Gasteiger partial charge in [-0.3, -0.25) is 9.59 Å². The van der Waals surface area contributed by atoms with Crippen molar-refractivity contribution in [3.8, 4) is 5.69 Å². The number of rotatable bonds is 5. The summed E-state index contributed by atoms with van der Waals surface area (Å²) in [6.07, 6.45) is 1.70. The van der Waals surface area contributed by atoms with Crippen LogP contribution in [0, 0.1) is 18.7 Å². The number of hydrogen-bond acceptors (Lipinski definition) is 4. The van der Waals surface area contributed by atoms with E-state index in [0.29, 0.717) is 35.5 Å². The Labute approximate surface area is 172 Å². The van der Waals surface area contributed by atoms with Crippen LogP contribution >= 0.6 is 0 Å². The average Bonchev–Trinajstić information content (AvgIpc) is 3.37. The highest BCUT2D eigenvalue weighted by molar-refractivity contribution is 5.97. The number of ether oxygens (including phenoxy) is 1. The summed E-state index contributed by atoms with van der Waals surface area (Å²) >= 11 is 0. The second-order valence-electron chi connectivity index (χ2n) is 7.21. The van der Waals surface area contributed by atoms with Gasteiger partial charge >= 0.3 is 0 Å². The Morgan fingerprint density at radius 3 is 2.67 bits per heavy atom. The van der Waals surface area contributed by atoms with E-state index < -0.39 is 17.9 Å². The molecule has 8 heteroatoms. The molecule has 1 aromatic heterocycles. The number of aromatic nitrogens is 2. The molecule has 2 atom stereocenters. The molecule has 2 heterocycles. The first-order chi connectivity index (χ1) is 14.4. The molecule has 1 aliphatic heterocycles. The van der Waals surface area contributed by atoms with Crippen LogP contribution in [-0.2, 0) is 9.53 Å². The second kappa shape index (κ2) is 8.08. The molecular weight excluding hydrogens is 387 g/mol. The minimum absolute atomic E-state index is 0.185. The molecule has 154 valence electrons. The van der Waals surface area contributed by atoms with Crippen molar-refractivity contribution in [2.24, 2.45) is 11.7 Å². The fourth-order valence-electron chi connectivity index (χ4n) is 3.73. The van der Waals surface area contributed by atoms with E-state index in [1.165, 1.54) is 12.1 Å². The summed E-state index contributed by atoms with van der Waals surface area (Å²) in [5, 5.41) is 7.21. The van der Waals surface area contributed by atoms with Gasteiger partial charge in [0.25, 0.3) is 0 Å². The lowest BCUT2D eigenvalue weighted by Crippen LogP contribution is -2.26. The topological polar surface area (TPSA) is 99.2 Å². The maximum atomic E-state index is 13.3. The molecule has 0 bridgehead atoms. The van der Waals surface area contributed by atoms with Gasteiger partial charge in [-0.2, -0.15) is 5.10 Å². The van der Waals surface area contributed by atoms with Crippen LogP contribution in [0.1, 0.15) is 34.1 Å². The second-order valence-corrected chi connectivity index (χ2v) is 7.21. The summed E-state index contributed by atoms with van der Waals surface area (Å²) in [7, 11) is 0. The van der Waals surface area contributed by atoms with Gasteiger partial charge in [-0.05, 0) is 67.4 Å². The van der Waals surface area contributed by atoms with E-state index in [1.54, 1.807) is 54.2 Å². The third-order valence-corrected chi connectivity index (χ3v) is 5.22. The molecule has 7 nitrogen and oxygen atoms in total. The molecule has 3 aromatic rings. The first kappa shape index (κ1) is 19.8. The summed E-state index contributed by atoms with van der Waals surface area (Å²) < 4.78 is 20.8. The number of primary amides is 1. The lowest BCUT2D eigenvalue weighted by molar-refractivity contribution is -0.121. The number of carbonyl (C=O) groups excluding carboxylic acids is 2. The van der Waals surface area contributed by atoms with E-state index in [0.717, 1.165) is 5.69 Å². The third kappa shape index (κ3) is 3.81. The molecule has 0 radical (unpaired) electrons. The predicted octanol–water partition coefficient (Wildman–Crippen LogP) is 3.14. The number of nitrogens with zero attached hydrogens (tertiary/aromatic N) is 2. The zero-order chi connectivity index (χ0) is 21.3. The normalized spacial score (nSPS) is 18.3. The van der Waals surface area contributed by atoms with Crippen molar-refractivity contribution in [2.75, 3.05) is 11.9 Å². The van der Waals surface area contributed by atoms with Gasteiger partial charge in [0.15, 0.2) is 0 Å². The van der Waals surface area contributed by atoms with Crippen LogP contribution in [0.25, 0.3) is 5.69 Å². The van der Waals surface area contributed by atoms with E-state index in [2.05, 4.69) is 10.4 Å². The summed E-state index contributed by atoms with van der Waals surface area (Å²) in [6, 6.07) is 12.7. The van der Waals surface area contributed by atoms with E-state index in [9.17, 15) is 14.0 Å². The number of carbonyl (C=O) groups is 2. The molecule has 1 saturated heterocycles. The van der Waals surface area contributed by atoms with Gasteiger partial charge in [0.1, 0.15) is 11.9 Å². The van der Waals surface area contributed by atoms with Crippen molar-refractivity contribution in [1.82, 2.24) is 9.78 Å².